The number of nitrogens with one attached hydrogen (secondary N) is 2. The monoisotopic (exact) mass is 1290 g/mol. The van der Waals surface area contributed by atoms with E-state index in [0.29, 0.717) is 33.6 Å². The van der Waals surface area contributed by atoms with Crippen LogP contribution in [0.4, 0.5) is 11.4 Å². The summed E-state index contributed by atoms with van der Waals surface area (Å²) in [4.78, 5) is 29.2. The lowest BCUT2D eigenvalue weighted by Gasteiger charge is -2.34. The van der Waals surface area contributed by atoms with Crippen LogP contribution in [0.25, 0.3) is 55.6 Å². The number of carbonyl (C=O) groups excluding carboxylic acids is 2. The average Bonchev–Trinajstić information content (AvgIpc) is 1.58. The highest BCUT2D eigenvalue weighted by Gasteiger charge is 2.46. The maximum Gasteiger partial charge on any atom is 0.257 e. The molecule has 0 heterocycles. The first-order valence-corrected chi connectivity index (χ1v) is 33.2. The van der Waals surface area contributed by atoms with Crippen LogP contribution >= 0.6 is 0 Å². The Balaban J connectivity index is 0.783. The van der Waals surface area contributed by atoms with Crippen molar-refractivity contribution in [3.63, 3.8) is 0 Å². The van der Waals surface area contributed by atoms with Gasteiger partial charge in [-0.15, -0.1) is 0 Å². The summed E-state index contributed by atoms with van der Waals surface area (Å²) in [5.74, 6) is 25.3. The summed E-state index contributed by atoms with van der Waals surface area (Å²) in [5.41, 5.74) is 18.8. The molecule has 4 N–H and O–H groups in total. The van der Waals surface area contributed by atoms with E-state index >= 15 is 0 Å². The minimum absolute atomic E-state index is 0.0817. The highest BCUT2D eigenvalue weighted by molar-refractivity contribution is 6.09. The topological polar surface area (TPSA) is 98.7 Å². The number of fused-ring (bicyclic) bond motifs is 3. The van der Waals surface area contributed by atoms with E-state index in [1.54, 1.807) is 24.3 Å². The lowest BCUT2D eigenvalue weighted by Crippen LogP contribution is -2.28. The first-order valence-electron chi connectivity index (χ1n) is 33.2. The van der Waals surface area contributed by atoms with Crippen molar-refractivity contribution in [1.82, 2.24) is 0 Å². The van der Waals surface area contributed by atoms with Crippen LogP contribution in [0.1, 0.15) is 87.5 Å². The molecule has 15 rings (SSSR count). The number of hydrogen-bond donors (Lipinski definition) is 4. The molecule has 101 heavy (non-hydrogen) atoms. The second kappa shape index (κ2) is 28.3. The van der Waals surface area contributed by atoms with E-state index < -0.39 is 17.2 Å². The van der Waals surface area contributed by atoms with Gasteiger partial charge in [-0.3, -0.25) is 9.59 Å². The zero-order chi connectivity index (χ0) is 68.5. The van der Waals surface area contributed by atoms with Crippen LogP contribution in [0.5, 0.6) is 11.5 Å². The Morgan fingerprint density at radius 3 is 0.921 bits per heavy atom. The summed E-state index contributed by atoms with van der Waals surface area (Å²) >= 11 is 0. The highest BCUT2D eigenvalue weighted by atomic mass is 16.3. The molecule has 6 nitrogen and oxygen atoms in total. The molecule has 0 atom stereocenters. The van der Waals surface area contributed by atoms with Crippen LogP contribution in [0, 0.1) is 47.4 Å². The first-order chi connectivity index (χ1) is 49.7. The van der Waals surface area contributed by atoms with Crippen LogP contribution < -0.4 is 10.6 Å². The predicted octanol–water partition coefficient (Wildman–Crippen LogP) is 20.2. The van der Waals surface area contributed by atoms with Crippen LogP contribution in [0.3, 0.4) is 0 Å². The number of anilines is 2. The van der Waals surface area contributed by atoms with E-state index in [0.717, 1.165) is 89.0 Å². The van der Waals surface area contributed by atoms with Crippen molar-refractivity contribution in [3.05, 3.63) is 418 Å². The van der Waals surface area contributed by atoms with E-state index in [1.165, 1.54) is 0 Å². The number of aromatic hydroxyl groups is 2. The summed E-state index contributed by atoms with van der Waals surface area (Å²) in [6.07, 6.45) is 0. The summed E-state index contributed by atoms with van der Waals surface area (Å²) < 4.78 is 0. The Morgan fingerprint density at radius 2 is 0.564 bits per heavy atom. The third kappa shape index (κ3) is 13.0. The molecule has 0 bridgehead atoms. The van der Waals surface area contributed by atoms with Crippen molar-refractivity contribution in [2.24, 2.45) is 0 Å². The molecule has 0 aromatic heterocycles. The van der Waals surface area contributed by atoms with Crippen LogP contribution in [-0.2, 0) is 5.41 Å². The largest absolute Gasteiger partial charge is 0.506 e. The zero-order valence-corrected chi connectivity index (χ0v) is 54.5. The minimum atomic E-state index is -0.755. The molecule has 0 aliphatic heterocycles. The lowest BCUT2D eigenvalue weighted by atomic mass is 9.67. The zero-order valence-electron chi connectivity index (χ0n) is 54.5. The summed E-state index contributed by atoms with van der Waals surface area (Å²) in [7, 11) is 0. The molecule has 1 aliphatic carbocycles. The molecule has 0 spiro atoms. The van der Waals surface area contributed by atoms with Gasteiger partial charge in [0.05, 0.1) is 27.7 Å². The Hall–Kier alpha value is -14.1. The van der Waals surface area contributed by atoms with Crippen molar-refractivity contribution in [2.75, 3.05) is 10.6 Å². The fourth-order valence-corrected chi connectivity index (χ4v) is 13.3. The Labute approximate surface area is 587 Å². The smallest absolute Gasteiger partial charge is 0.257 e. The van der Waals surface area contributed by atoms with Gasteiger partial charge in [0.15, 0.2) is 0 Å². The molecule has 2 amide bonds. The van der Waals surface area contributed by atoms with E-state index in [1.807, 2.05) is 218 Å². The van der Waals surface area contributed by atoms with Crippen molar-refractivity contribution >= 4 is 23.2 Å². The lowest BCUT2D eigenvalue weighted by molar-refractivity contribution is 0.101. The van der Waals surface area contributed by atoms with Crippen LogP contribution in [-0.4, -0.2) is 22.0 Å². The van der Waals surface area contributed by atoms with Gasteiger partial charge in [0.1, 0.15) is 11.5 Å². The summed E-state index contributed by atoms with van der Waals surface area (Å²) in [6.45, 7) is 0. The Kier molecular flexibility index (Phi) is 17.6. The summed E-state index contributed by atoms with van der Waals surface area (Å²) in [5, 5.41) is 30.0. The third-order valence-electron chi connectivity index (χ3n) is 18.2. The quantitative estimate of drug-likeness (QED) is 0.103. The highest BCUT2D eigenvalue weighted by Crippen LogP contribution is 2.56. The van der Waals surface area contributed by atoms with Gasteiger partial charge < -0.3 is 20.8 Å². The summed E-state index contributed by atoms with van der Waals surface area (Å²) in [6, 6.07) is 111. The van der Waals surface area contributed by atoms with Crippen molar-refractivity contribution in [1.29, 1.82) is 0 Å². The molecule has 0 saturated heterocycles. The fourth-order valence-electron chi connectivity index (χ4n) is 13.3. The van der Waals surface area contributed by atoms with E-state index in [4.69, 9.17) is 0 Å². The maximum absolute atomic E-state index is 14.6. The molecule has 14 aromatic rings. The normalized spacial score (nSPS) is 11.3. The van der Waals surface area contributed by atoms with Crippen LogP contribution in [0.15, 0.2) is 340 Å². The molecule has 0 saturated carbocycles. The van der Waals surface area contributed by atoms with Crippen molar-refractivity contribution < 1.29 is 19.8 Å². The van der Waals surface area contributed by atoms with Gasteiger partial charge in [0.2, 0.25) is 0 Å². The van der Waals surface area contributed by atoms with E-state index in [9.17, 15) is 19.8 Å². The van der Waals surface area contributed by atoms with Gasteiger partial charge in [0, 0.05) is 55.9 Å². The molecule has 1 aliphatic rings. The molecule has 14 aromatic carbocycles. The number of carbonyl (C=O) groups is 2. The standard InChI is InChI=1S/C95H60N2O4/c98-91-81(69-31-15-5-16-32-69)59-61-87(85(91)55-41-67-27-11-3-12-28-67)93(100)96-77-53-57-79(73(63-77)43-39-65-23-7-1-8-24-65)71-45-49-75(50-46-71)95(89-37-21-19-35-83(89)84-36-20-22-38-90(84)95)76-51-47-72(48-52-76)80-58-54-78(64-74(80)44-40-66-25-9-2-10-26-66)97-94(101)88-62-60-82(70-33-17-6-18-34-70)92(99)86(88)56-42-68-29-13-4-14-30-68/h1-38,45-54,57-64,98-99H,(H,96,100)(H,97,101). The van der Waals surface area contributed by atoms with Gasteiger partial charge in [-0.25, -0.2) is 0 Å². The molecule has 0 radical (unpaired) electrons. The van der Waals surface area contributed by atoms with Crippen molar-refractivity contribution in [2.45, 2.75) is 5.41 Å². The Morgan fingerprint density at radius 1 is 0.267 bits per heavy atom. The maximum atomic E-state index is 14.6. The first kappa shape index (κ1) is 62.9. The molecule has 0 unspecified atom stereocenters. The second-order valence-electron chi connectivity index (χ2n) is 24.4. The van der Waals surface area contributed by atoms with Gasteiger partial charge in [-0.1, -0.05) is 290 Å². The molecule has 474 valence electrons. The van der Waals surface area contributed by atoms with E-state index in [-0.39, 0.29) is 33.8 Å². The molecular formula is C95H60N2O4. The average molecular weight is 1290 g/mol. The van der Waals surface area contributed by atoms with Crippen LogP contribution in [0.2, 0.25) is 0 Å². The van der Waals surface area contributed by atoms with Gasteiger partial charge in [-0.2, -0.15) is 0 Å². The number of phenols is 2. The Bertz CT molecular complexity index is 5390. The van der Waals surface area contributed by atoms with Gasteiger partial charge in [0.25, 0.3) is 11.8 Å². The number of amides is 2. The van der Waals surface area contributed by atoms with Gasteiger partial charge in [-0.05, 0) is 164 Å². The van der Waals surface area contributed by atoms with Gasteiger partial charge >= 0.3 is 0 Å². The minimum Gasteiger partial charge on any atom is -0.506 e. The SMILES string of the molecule is O=C(Nc1ccc(-c2ccc(C3(c4ccc(-c5ccc(NC(=O)c6ccc(-c7ccccc7)c(O)c6C#Cc6ccccc6)cc5C#Cc5ccccc5)cc4)c4ccccc4-c4ccccc43)cc2)c(C#Cc2ccccc2)c1)c1ccc(-c2ccccc2)c(O)c1C#Cc1ccccc1. The molecule has 0 fully saturated rings. The number of phenolic OH excluding ortho intramolecular Hbond substituents is 2. The fraction of sp³-hybridized carbons (Fsp3) is 0.0105. The van der Waals surface area contributed by atoms with E-state index in [2.05, 4.69) is 155 Å². The number of rotatable bonds is 10. The molecule has 6 heteroatoms. The predicted molar refractivity (Wildman–Crippen MR) is 407 cm³/mol. The number of hydrogen-bond acceptors (Lipinski definition) is 4. The van der Waals surface area contributed by atoms with Crippen molar-refractivity contribution in [3.8, 4) is 114 Å². The molecular weight excluding hydrogens is 1230 g/mol. The number of benzene rings is 14. The third-order valence-corrected chi connectivity index (χ3v) is 18.2. The second-order valence-corrected chi connectivity index (χ2v) is 24.4.